The lowest BCUT2D eigenvalue weighted by atomic mass is 10.2. The number of amides is 1. The van der Waals surface area contributed by atoms with E-state index in [0.29, 0.717) is 5.75 Å². The summed E-state index contributed by atoms with van der Waals surface area (Å²) in [5, 5.41) is 2.83. The van der Waals surface area contributed by atoms with E-state index >= 15 is 0 Å². The van der Waals surface area contributed by atoms with Crippen molar-refractivity contribution in [2.45, 2.75) is 37.6 Å². The van der Waals surface area contributed by atoms with Gasteiger partial charge >= 0.3 is 0 Å². The van der Waals surface area contributed by atoms with E-state index in [0.717, 1.165) is 19.1 Å². The molecular weight excluding hydrogens is 278 g/mol. The van der Waals surface area contributed by atoms with Crippen molar-refractivity contribution in [3.8, 4) is 5.75 Å². The average molecular weight is 299 g/mol. The van der Waals surface area contributed by atoms with Crippen LogP contribution in [-0.4, -0.2) is 33.2 Å². The minimum absolute atomic E-state index is 0.0771. The van der Waals surface area contributed by atoms with Crippen molar-refractivity contribution < 1.29 is 17.9 Å². The van der Waals surface area contributed by atoms with Crippen LogP contribution in [0.25, 0.3) is 0 Å². The van der Waals surface area contributed by atoms with E-state index in [1.54, 1.807) is 12.1 Å². The fourth-order valence-electron chi connectivity index (χ4n) is 1.75. The fourth-order valence-corrected chi connectivity index (χ4v) is 2.38. The van der Waals surface area contributed by atoms with Crippen LogP contribution in [0.2, 0.25) is 0 Å². The first-order valence-electron chi connectivity index (χ1n) is 6.55. The largest absolute Gasteiger partial charge is 0.484 e. The third kappa shape index (κ3) is 5.61. The van der Waals surface area contributed by atoms with Crippen LogP contribution in [0.4, 0.5) is 0 Å². The Morgan fingerprint density at radius 1 is 1.30 bits per heavy atom. The standard InChI is InChI=1S/C14H21NO4S/c1-4-5-11(2)15-14(16)10-19-12-6-8-13(9-7-12)20(3,17)18/h6-9,11H,4-5,10H2,1-3H3,(H,15,16). The molecular formula is C14H21NO4S. The lowest BCUT2D eigenvalue weighted by Crippen LogP contribution is -2.35. The normalized spacial score (nSPS) is 12.8. The molecule has 0 aliphatic heterocycles. The molecule has 20 heavy (non-hydrogen) atoms. The summed E-state index contributed by atoms with van der Waals surface area (Å²) in [4.78, 5) is 11.8. The summed E-state index contributed by atoms with van der Waals surface area (Å²) in [6.45, 7) is 3.93. The van der Waals surface area contributed by atoms with Crippen LogP contribution in [0.5, 0.6) is 5.75 Å². The lowest BCUT2D eigenvalue weighted by Gasteiger charge is -2.13. The molecule has 0 aliphatic rings. The van der Waals surface area contributed by atoms with E-state index in [1.807, 2.05) is 6.92 Å². The molecule has 1 aromatic carbocycles. The average Bonchev–Trinajstić information content (AvgIpc) is 2.36. The number of nitrogens with one attached hydrogen (secondary N) is 1. The van der Waals surface area contributed by atoms with Gasteiger partial charge in [-0.2, -0.15) is 0 Å². The molecule has 1 aromatic rings. The molecule has 0 spiro atoms. The molecule has 0 radical (unpaired) electrons. The van der Waals surface area contributed by atoms with Gasteiger partial charge in [0.05, 0.1) is 4.90 Å². The van der Waals surface area contributed by atoms with Crippen molar-refractivity contribution in [1.82, 2.24) is 5.32 Å². The predicted octanol–water partition coefficient (Wildman–Crippen LogP) is 1.77. The van der Waals surface area contributed by atoms with Gasteiger partial charge < -0.3 is 10.1 Å². The number of carbonyl (C=O) groups excluding carboxylic acids is 1. The summed E-state index contributed by atoms with van der Waals surface area (Å²) >= 11 is 0. The quantitative estimate of drug-likeness (QED) is 0.833. The van der Waals surface area contributed by atoms with Crippen molar-refractivity contribution in [3.63, 3.8) is 0 Å². The Kier molecular flexibility index (Phi) is 6.01. The highest BCUT2D eigenvalue weighted by Crippen LogP contribution is 2.15. The Balaban J connectivity index is 2.48. The zero-order valence-electron chi connectivity index (χ0n) is 12.0. The maximum absolute atomic E-state index is 11.6. The Hall–Kier alpha value is -1.56. The summed E-state index contributed by atoms with van der Waals surface area (Å²) in [6, 6.07) is 6.13. The second-order valence-corrected chi connectivity index (χ2v) is 6.81. The second-order valence-electron chi connectivity index (χ2n) is 4.79. The third-order valence-corrected chi connectivity index (χ3v) is 3.88. The summed E-state index contributed by atoms with van der Waals surface area (Å²) in [6.07, 6.45) is 3.08. The Morgan fingerprint density at radius 3 is 2.40 bits per heavy atom. The summed E-state index contributed by atoms with van der Waals surface area (Å²) < 4.78 is 27.9. The molecule has 0 aliphatic carbocycles. The monoisotopic (exact) mass is 299 g/mol. The Bertz CT molecular complexity index is 537. The molecule has 0 aromatic heterocycles. The molecule has 0 saturated heterocycles. The molecule has 1 N–H and O–H groups in total. The third-order valence-electron chi connectivity index (χ3n) is 2.75. The summed E-state index contributed by atoms with van der Waals surface area (Å²) in [7, 11) is -3.21. The molecule has 0 fully saturated rings. The molecule has 1 rings (SSSR count). The first-order chi connectivity index (χ1) is 9.32. The number of sulfone groups is 1. The van der Waals surface area contributed by atoms with E-state index < -0.39 is 9.84 Å². The van der Waals surface area contributed by atoms with Gasteiger partial charge in [-0.05, 0) is 37.6 Å². The SMILES string of the molecule is CCCC(C)NC(=O)COc1ccc(S(C)(=O)=O)cc1. The van der Waals surface area contributed by atoms with Crippen LogP contribution in [-0.2, 0) is 14.6 Å². The Labute approximate surface area is 120 Å². The maximum Gasteiger partial charge on any atom is 0.258 e. The number of benzene rings is 1. The first kappa shape index (κ1) is 16.5. The number of hydrogen-bond acceptors (Lipinski definition) is 4. The van der Waals surface area contributed by atoms with Crippen LogP contribution in [0.15, 0.2) is 29.2 Å². The summed E-state index contributed by atoms with van der Waals surface area (Å²) in [5.41, 5.74) is 0. The molecule has 1 unspecified atom stereocenters. The van der Waals surface area contributed by atoms with Crippen molar-refractivity contribution in [1.29, 1.82) is 0 Å². The smallest absolute Gasteiger partial charge is 0.258 e. The van der Waals surface area contributed by atoms with E-state index in [-0.39, 0.29) is 23.5 Å². The van der Waals surface area contributed by atoms with Crippen molar-refractivity contribution in [2.75, 3.05) is 12.9 Å². The minimum atomic E-state index is -3.21. The zero-order valence-corrected chi connectivity index (χ0v) is 12.9. The first-order valence-corrected chi connectivity index (χ1v) is 8.44. The number of hydrogen-bond donors (Lipinski definition) is 1. The topological polar surface area (TPSA) is 72.5 Å². The van der Waals surface area contributed by atoms with Gasteiger partial charge in [-0.3, -0.25) is 4.79 Å². The van der Waals surface area contributed by atoms with Crippen LogP contribution in [0.3, 0.4) is 0 Å². The Morgan fingerprint density at radius 2 is 1.90 bits per heavy atom. The number of carbonyl (C=O) groups is 1. The van der Waals surface area contributed by atoms with Gasteiger partial charge in [0.25, 0.3) is 5.91 Å². The molecule has 1 atom stereocenters. The highest BCUT2D eigenvalue weighted by Gasteiger charge is 2.09. The van der Waals surface area contributed by atoms with Gasteiger partial charge in [0.2, 0.25) is 0 Å². The van der Waals surface area contributed by atoms with Gasteiger partial charge in [0.1, 0.15) is 5.75 Å². The number of rotatable bonds is 7. The van der Waals surface area contributed by atoms with Crippen LogP contribution in [0, 0.1) is 0 Å². The molecule has 0 bridgehead atoms. The van der Waals surface area contributed by atoms with Crippen molar-refractivity contribution in [3.05, 3.63) is 24.3 Å². The highest BCUT2D eigenvalue weighted by atomic mass is 32.2. The van der Waals surface area contributed by atoms with E-state index in [1.165, 1.54) is 12.1 Å². The van der Waals surface area contributed by atoms with E-state index in [9.17, 15) is 13.2 Å². The van der Waals surface area contributed by atoms with E-state index in [2.05, 4.69) is 12.2 Å². The molecule has 0 saturated carbocycles. The zero-order chi connectivity index (χ0) is 15.2. The van der Waals surface area contributed by atoms with Crippen molar-refractivity contribution in [2.24, 2.45) is 0 Å². The van der Waals surface area contributed by atoms with Gasteiger partial charge in [-0.25, -0.2) is 8.42 Å². The van der Waals surface area contributed by atoms with Gasteiger partial charge in [0, 0.05) is 12.3 Å². The molecule has 5 nitrogen and oxygen atoms in total. The predicted molar refractivity (Wildman–Crippen MR) is 77.6 cm³/mol. The van der Waals surface area contributed by atoms with Gasteiger partial charge in [0.15, 0.2) is 16.4 Å². The van der Waals surface area contributed by atoms with E-state index in [4.69, 9.17) is 4.74 Å². The van der Waals surface area contributed by atoms with Crippen LogP contribution in [0.1, 0.15) is 26.7 Å². The van der Waals surface area contributed by atoms with Gasteiger partial charge in [-0.1, -0.05) is 13.3 Å². The second kappa shape index (κ2) is 7.28. The van der Waals surface area contributed by atoms with Crippen molar-refractivity contribution >= 4 is 15.7 Å². The molecule has 6 heteroatoms. The van der Waals surface area contributed by atoms with Crippen LogP contribution < -0.4 is 10.1 Å². The minimum Gasteiger partial charge on any atom is -0.484 e. The maximum atomic E-state index is 11.6. The molecule has 1 amide bonds. The fraction of sp³-hybridized carbons (Fsp3) is 0.500. The molecule has 0 heterocycles. The van der Waals surface area contributed by atoms with Crippen LogP contribution >= 0.6 is 0 Å². The molecule has 112 valence electrons. The lowest BCUT2D eigenvalue weighted by molar-refractivity contribution is -0.123. The number of ether oxygens (including phenoxy) is 1. The summed E-state index contributed by atoms with van der Waals surface area (Å²) in [5.74, 6) is 0.286. The highest BCUT2D eigenvalue weighted by molar-refractivity contribution is 7.90. The van der Waals surface area contributed by atoms with Gasteiger partial charge in [-0.15, -0.1) is 0 Å².